The van der Waals surface area contributed by atoms with Crippen molar-refractivity contribution in [2.75, 3.05) is 16.8 Å². The number of amides is 2. The van der Waals surface area contributed by atoms with Gasteiger partial charge in [0.05, 0.1) is 17.9 Å². The smallest absolute Gasteiger partial charge is 0.340 e. The Balaban J connectivity index is 1.84. The Kier molecular flexibility index (Phi) is 5.73. The summed E-state index contributed by atoms with van der Waals surface area (Å²) in [5.74, 6) is -1.27. The van der Waals surface area contributed by atoms with E-state index in [1.54, 1.807) is 49.9 Å². The predicted octanol–water partition coefficient (Wildman–Crippen LogP) is 3.81. The number of hydrogen-bond acceptors (Lipinski definition) is 4. The van der Waals surface area contributed by atoms with Crippen LogP contribution in [0.1, 0.15) is 43.6 Å². The summed E-state index contributed by atoms with van der Waals surface area (Å²) in [7, 11) is 0. The van der Waals surface area contributed by atoms with Gasteiger partial charge in [-0.15, -0.1) is 0 Å². The van der Waals surface area contributed by atoms with E-state index in [0.717, 1.165) is 17.7 Å². The minimum absolute atomic E-state index is 0.0289. The van der Waals surface area contributed by atoms with E-state index < -0.39 is 17.3 Å². The maximum Gasteiger partial charge on any atom is 0.340 e. The summed E-state index contributed by atoms with van der Waals surface area (Å²) in [4.78, 5) is 40.3. The Bertz CT molecular complexity index is 951. The highest BCUT2D eigenvalue weighted by Crippen LogP contribution is 2.36. The van der Waals surface area contributed by atoms with Crippen LogP contribution in [-0.4, -0.2) is 30.4 Å². The van der Waals surface area contributed by atoms with Gasteiger partial charge < -0.3 is 15.0 Å². The molecular weight excluding hydrogens is 368 g/mol. The van der Waals surface area contributed by atoms with Crippen LogP contribution in [0, 0.1) is 5.41 Å². The molecule has 2 amide bonds. The third kappa shape index (κ3) is 3.88. The lowest BCUT2D eigenvalue weighted by molar-refractivity contribution is -0.136. The van der Waals surface area contributed by atoms with Gasteiger partial charge in [0.15, 0.2) is 0 Å². The van der Waals surface area contributed by atoms with E-state index in [9.17, 15) is 14.4 Å². The zero-order valence-corrected chi connectivity index (χ0v) is 17.2. The zero-order valence-electron chi connectivity index (χ0n) is 17.2. The summed E-state index contributed by atoms with van der Waals surface area (Å²) in [5.41, 5.74) is 1.19. The van der Waals surface area contributed by atoms with Crippen LogP contribution in [0.25, 0.3) is 0 Å². The van der Waals surface area contributed by atoms with E-state index >= 15 is 0 Å². The fraction of sp³-hybridized carbons (Fsp3) is 0.348. The number of ether oxygens (including phenoxy) is 1. The maximum atomic E-state index is 13.4. The highest BCUT2D eigenvalue weighted by Gasteiger charge is 2.43. The second-order valence-electron chi connectivity index (χ2n) is 7.70. The first kappa shape index (κ1) is 20.6. The molecule has 3 rings (SSSR count). The Morgan fingerprint density at radius 2 is 1.76 bits per heavy atom. The topological polar surface area (TPSA) is 75.7 Å². The molecule has 1 aliphatic heterocycles. The standard InChI is InChI=1S/C23H26N2O4/c1-5-29-20(26)17-11-7-8-12-18(17)24-21(27)23(3,4)22(28)25-15(2)14-16-10-6-9-13-19(16)25/h6-13,15H,5,14H2,1-4H3,(H,24,27). The van der Waals surface area contributed by atoms with E-state index in [2.05, 4.69) is 5.32 Å². The molecule has 1 N–H and O–H groups in total. The lowest BCUT2D eigenvalue weighted by Crippen LogP contribution is -2.49. The predicted molar refractivity (Wildman–Crippen MR) is 112 cm³/mol. The van der Waals surface area contributed by atoms with Crippen LogP contribution in [-0.2, 0) is 20.7 Å². The molecule has 2 aromatic rings. The molecule has 0 bridgehead atoms. The number of esters is 1. The number of benzene rings is 2. The van der Waals surface area contributed by atoms with Crippen molar-refractivity contribution in [3.8, 4) is 0 Å². The molecular formula is C23H26N2O4. The normalized spacial score (nSPS) is 15.6. The van der Waals surface area contributed by atoms with Gasteiger partial charge >= 0.3 is 5.97 Å². The second kappa shape index (κ2) is 8.07. The van der Waals surface area contributed by atoms with Gasteiger partial charge in [0, 0.05) is 11.7 Å². The Morgan fingerprint density at radius 1 is 1.10 bits per heavy atom. The number of nitrogens with zero attached hydrogens (tertiary/aromatic N) is 1. The first-order valence-electron chi connectivity index (χ1n) is 9.76. The van der Waals surface area contributed by atoms with Gasteiger partial charge in [0.2, 0.25) is 11.8 Å². The first-order chi connectivity index (χ1) is 13.8. The van der Waals surface area contributed by atoms with E-state index in [1.165, 1.54) is 0 Å². The summed E-state index contributed by atoms with van der Waals surface area (Å²) in [6, 6.07) is 14.3. The van der Waals surface area contributed by atoms with Crippen LogP contribution in [0.4, 0.5) is 11.4 Å². The third-order valence-electron chi connectivity index (χ3n) is 5.20. The molecule has 152 valence electrons. The molecule has 1 atom stereocenters. The lowest BCUT2D eigenvalue weighted by Gasteiger charge is -2.31. The molecule has 1 unspecified atom stereocenters. The molecule has 0 spiro atoms. The van der Waals surface area contributed by atoms with Gasteiger partial charge in [-0.1, -0.05) is 30.3 Å². The van der Waals surface area contributed by atoms with Crippen LogP contribution in [0.2, 0.25) is 0 Å². The van der Waals surface area contributed by atoms with Crippen LogP contribution in [0.3, 0.4) is 0 Å². The Morgan fingerprint density at radius 3 is 2.48 bits per heavy atom. The summed E-state index contributed by atoms with van der Waals surface area (Å²) >= 11 is 0. The average molecular weight is 394 g/mol. The molecule has 0 saturated heterocycles. The van der Waals surface area contributed by atoms with Gasteiger partial charge in [0.1, 0.15) is 5.41 Å². The van der Waals surface area contributed by atoms with Crippen molar-refractivity contribution in [1.82, 2.24) is 0 Å². The van der Waals surface area contributed by atoms with Crippen LogP contribution in [0.5, 0.6) is 0 Å². The molecule has 0 aliphatic carbocycles. The number of rotatable bonds is 5. The number of nitrogens with one attached hydrogen (secondary N) is 1. The quantitative estimate of drug-likeness (QED) is 0.618. The Labute approximate surface area is 170 Å². The van der Waals surface area contributed by atoms with Gasteiger partial charge in [-0.2, -0.15) is 0 Å². The number of fused-ring (bicyclic) bond motifs is 1. The molecule has 0 fully saturated rings. The minimum atomic E-state index is -1.33. The van der Waals surface area contributed by atoms with Crippen molar-refractivity contribution in [2.45, 2.75) is 40.2 Å². The fourth-order valence-electron chi connectivity index (χ4n) is 3.53. The highest BCUT2D eigenvalue weighted by molar-refractivity contribution is 6.16. The van der Waals surface area contributed by atoms with Gasteiger partial charge in [-0.05, 0) is 57.9 Å². The van der Waals surface area contributed by atoms with Crippen LogP contribution < -0.4 is 10.2 Å². The summed E-state index contributed by atoms with van der Waals surface area (Å²) in [6.07, 6.45) is 0.755. The van der Waals surface area contributed by atoms with Crippen molar-refractivity contribution in [2.24, 2.45) is 5.41 Å². The van der Waals surface area contributed by atoms with E-state index in [-0.39, 0.29) is 24.1 Å². The molecule has 0 aromatic heterocycles. The van der Waals surface area contributed by atoms with Crippen LogP contribution >= 0.6 is 0 Å². The number of anilines is 2. The molecule has 2 aromatic carbocycles. The number of hydrogen-bond donors (Lipinski definition) is 1. The first-order valence-corrected chi connectivity index (χ1v) is 9.76. The SMILES string of the molecule is CCOC(=O)c1ccccc1NC(=O)C(C)(C)C(=O)N1c2ccccc2CC1C. The molecule has 29 heavy (non-hydrogen) atoms. The average Bonchev–Trinajstić information content (AvgIpc) is 3.03. The highest BCUT2D eigenvalue weighted by atomic mass is 16.5. The summed E-state index contributed by atoms with van der Waals surface area (Å²) in [5, 5.41) is 2.75. The van der Waals surface area contributed by atoms with Crippen molar-refractivity contribution in [3.05, 3.63) is 59.7 Å². The number of carbonyl (C=O) groups is 3. The fourth-order valence-corrected chi connectivity index (χ4v) is 3.53. The third-order valence-corrected chi connectivity index (χ3v) is 5.20. The van der Waals surface area contributed by atoms with Crippen molar-refractivity contribution in [3.63, 3.8) is 0 Å². The van der Waals surface area contributed by atoms with Crippen molar-refractivity contribution < 1.29 is 19.1 Å². The minimum Gasteiger partial charge on any atom is -0.462 e. The summed E-state index contributed by atoms with van der Waals surface area (Å²) < 4.78 is 5.05. The molecule has 0 radical (unpaired) electrons. The summed E-state index contributed by atoms with van der Waals surface area (Å²) in [6.45, 7) is 7.13. The largest absolute Gasteiger partial charge is 0.462 e. The van der Waals surface area contributed by atoms with E-state index in [0.29, 0.717) is 5.69 Å². The van der Waals surface area contributed by atoms with Crippen molar-refractivity contribution in [1.29, 1.82) is 0 Å². The maximum absolute atomic E-state index is 13.4. The number of para-hydroxylation sites is 2. The number of carbonyl (C=O) groups excluding carboxylic acids is 3. The zero-order chi connectivity index (χ0) is 21.2. The molecule has 1 aliphatic rings. The molecule has 6 nitrogen and oxygen atoms in total. The molecule has 1 heterocycles. The van der Waals surface area contributed by atoms with Gasteiger partial charge in [0.25, 0.3) is 0 Å². The van der Waals surface area contributed by atoms with Gasteiger partial charge in [-0.25, -0.2) is 4.79 Å². The van der Waals surface area contributed by atoms with Gasteiger partial charge in [-0.3, -0.25) is 9.59 Å². The van der Waals surface area contributed by atoms with E-state index in [1.807, 2.05) is 31.2 Å². The molecule has 6 heteroatoms. The second-order valence-corrected chi connectivity index (χ2v) is 7.70. The van der Waals surface area contributed by atoms with Crippen LogP contribution in [0.15, 0.2) is 48.5 Å². The van der Waals surface area contributed by atoms with Crippen molar-refractivity contribution >= 4 is 29.2 Å². The lowest BCUT2D eigenvalue weighted by atomic mass is 9.89. The van der Waals surface area contributed by atoms with E-state index in [4.69, 9.17) is 4.74 Å². The molecule has 0 saturated carbocycles. The Hall–Kier alpha value is -3.15. The monoisotopic (exact) mass is 394 g/mol.